The van der Waals surface area contributed by atoms with Gasteiger partial charge in [0.25, 0.3) is 0 Å². The lowest BCUT2D eigenvalue weighted by atomic mass is 9.87. The lowest BCUT2D eigenvalue weighted by Crippen LogP contribution is -2.18. The van der Waals surface area contributed by atoms with E-state index < -0.39 is 0 Å². The molecule has 3 rings (SSSR count). The Morgan fingerprint density at radius 2 is 1.09 bits per heavy atom. The first-order valence-corrected chi connectivity index (χ1v) is 7.93. The predicted molar refractivity (Wildman–Crippen MR) is 98.0 cm³/mol. The van der Waals surface area contributed by atoms with Gasteiger partial charge in [-0.3, -0.25) is 0 Å². The fraction of sp³-hybridized carbons (Fsp3) is 0.0909. The lowest BCUT2D eigenvalue weighted by molar-refractivity contribution is 0.648. The molecular weight excluding hydrogens is 278 g/mol. The van der Waals surface area contributed by atoms with Gasteiger partial charge in [-0.2, -0.15) is 0 Å². The van der Waals surface area contributed by atoms with Crippen LogP contribution in [0.2, 0.25) is 0 Å². The molecule has 23 heavy (non-hydrogen) atoms. The van der Waals surface area contributed by atoms with Crippen LogP contribution in [0.4, 0.5) is 0 Å². The zero-order chi connectivity index (χ0) is 15.9. The van der Waals surface area contributed by atoms with E-state index in [9.17, 15) is 0 Å². The van der Waals surface area contributed by atoms with Crippen LogP contribution in [0.25, 0.3) is 6.08 Å². The summed E-state index contributed by atoms with van der Waals surface area (Å²) in [6.07, 6.45) is 4.36. The molecule has 114 valence electrons. The molecule has 1 nitrogen and oxygen atoms in total. The standard InChI is InChI=1S/C22H21N/c23-22(20-14-8-3-9-15-20)21(19-12-6-2-7-13-19)17-16-18-10-4-1-5-11-18/h1-17,21-22H,23H2/b17-16+/t21-,22?/m0/s1. The summed E-state index contributed by atoms with van der Waals surface area (Å²) >= 11 is 0. The molecule has 0 radical (unpaired) electrons. The molecule has 2 N–H and O–H groups in total. The minimum absolute atomic E-state index is 0.0708. The number of rotatable bonds is 5. The normalized spacial score (nSPS) is 13.8. The van der Waals surface area contributed by atoms with Crippen molar-refractivity contribution in [1.82, 2.24) is 0 Å². The molecule has 0 fully saturated rings. The van der Waals surface area contributed by atoms with E-state index in [-0.39, 0.29) is 12.0 Å². The van der Waals surface area contributed by atoms with Crippen LogP contribution in [0.3, 0.4) is 0 Å². The van der Waals surface area contributed by atoms with Gasteiger partial charge < -0.3 is 5.73 Å². The Morgan fingerprint density at radius 3 is 1.65 bits per heavy atom. The van der Waals surface area contributed by atoms with Crippen LogP contribution in [0.15, 0.2) is 97.1 Å². The summed E-state index contributed by atoms with van der Waals surface area (Å²) in [5.41, 5.74) is 10.2. The molecule has 1 unspecified atom stereocenters. The van der Waals surface area contributed by atoms with Crippen molar-refractivity contribution in [2.75, 3.05) is 0 Å². The minimum Gasteiger partial charge on any atom is -0.323 e. The van der Waals surface area contributed by atoms with Gasteiger partial charge >= 0.3 is 0 Å². The summed E-state index contributed by atoms with van der Waals surface area (Å²) < 4.78 is 0. The highest BCUT2D eigenvalue weighted by Gasteiger charge is 2.18. The average molecular weight is 299 g/mol. The molecule has 0 spiro atoms. The van der Waals surface area contributed by atoms with Gasteiger partial charge in [-0.25, -0.2) is 0 Å². The third kappa shape index (κ3) is 3.97. The van der Waals surface area contributed by atoms with Gasteiger partial charge in [0.1, 0.15) is 0 Å². The second-order valence-electron chi connectivity index (χ2n) is 5.64. The number of hydrogen-bond donors (Lipinski definition) is 1. The smallest absolute Gasteiger partial charge is 0.0399 e. The molecule has 0 amide bonds. The Bertz CT molecular complexity index is 733. The molecule has 2 atom stereocenters. The molecule has 3 aromatic carbocycles. The highest BCUT2D eigenvalue weighted by atomic mass is 14.6. The largest absolute Gasteiger partial charge is 0.323 e. The van der Waals surface area contributed by atoms with E-state index in [1.165, 1.54) is 11.1 Å². The molecule has 1 heteroatoms. The Balaban J connectivity index is 1.93. The fourth-order valence-electron chi connectivity index (χ4n) is 2.77. The lowest BCUT2D eigenvalue weighted by Gasteiger charge is -2.22. The second-order valence-corrected chi connectivity index (χ2v) is 5.64. The zero-order valence-corrected chi connectivity index (χ0v) is 13.0. The Hall–Kier alpha value is -2.64. The third-order valence-corrected chi connectivity index (χ3v) is 4.05. The van der Waals surface area contributed by atoms with E-state index >= 15 is 0 Å². The van der Waals surface area contributed by atoms with Crippen molar-refractivity contribution in [1.29, 1.82) is 0 Å². The third-order valence-electron chi connectivity index (χ3n) is 4.05. The Kier molecular flexibility index (Phi) is 5.02. The summed E-state index contributed by atoms with van der Waals surface area (Å²) in [5.74, 6) is 0.138. The number of hydrogen-bond acceptors (Lipinski definition) is 1. The first kappa shape index (κ1) is 15.3. The van der Waals surface area contributed by atoms with Crippen LogP contribution in [-0.2, 0) is 0 Å². The molecule has 3 aromatic rings. The molecule has 0 aliphatic heterocycles. The van der Waals surface area contributed by atoms with E-state index in [2.05, 4.69) is 60.7 Å². The maximum atomic E-state index is 6.58. The molecule has 0 saturated heterocycles. The van der Waals surface area contributed by atoms with Crippen LogP contribution < -0.4 is 5.73 Å². The summed E-state index contributed by atoms with van der Waals surface area (Å²) in [4.78, 5) is 0. The van der Waals surface area contributed by atoms with Gasteiger partial charge in [0.05, 0.1) is 0 Å². The van der Waals surface area contributed by atoms with E-state index in [1.807, 2.05) is 42.5 Å². The topological polar surface area (TPSA) is 26.0 Å². The van der Waals surface area contributed by atoms with Crippen molar-refractivity contribution in [2.45, 2.75) is 12.0 Å². The van der Waals surface area contributed by atoms with Crippen LogP contribution in [0.1, 0.15) is 28.7 Å². The van der Waals surface area contributed by atoms with Gasteiger partial charge in [0.15, 0.2) is 0 Å². The maximum absolute atomic E-state index is 6.58. The van der Waals surface area contributed by atoms with Crippen LogP contribution >= 0.6 is 0 Å². The van der Waals surface area contributed by atoms with Crippen molar-refractivity contribution in [3.8, 4) is 0 Å². The van der Waals surface area contributed by atoms with Gasteiger partial charge in [0, 0.05) is 12.0 Å². The van der Waals surface area contributed by atoms with Crippen LogP contribution in [0, 0.1) is 0 Å². The van der Waals surface area contributed by atoms with E-state index in [1.54, 1.807) is 0 Å². The molecule has 0 aliphatic carbocycles. The Morgan fingerprint density at radius 1 is 0.609 bits per heavy atom. The van der Waals surface area contributed by atoms with E-state index in [0.29, 0.717) is 0 Å². The zero-order valence-electron chi connectivity index (χ0n) is 13.0. The summed E-state index contributed by atoms with van der Waals surface area (Å²) in [7, 11) is 0. The highest BCUT2D eigenvalue weighted by molar-refractivity contribution is 5.51. The first-order valence-electron chi connectivity index (χ1n) is 7.93. The van der Waals surface area contributed by atoms with Crippen molar-refractivity contribution in [2.24, 2.45) is 5.73 Å². The highest BCUT2D eigenvalue weighted by Crippen LogP contribution is 2.30. The van der Waals surface area contributed by atoms with Crippen LogP contribution in [-0.4, -0.2) is 0 Å². The molecular formula is C22H21N. The molecule has 0 bridgehead atoms. The Labute approximate surface area is 138 Å². The molecule has 0 saturated carbocycles. The van der Waals surface area contributed by atoms with Crippen molar-refractivity contribution < 1.29 is 0 Å². The monoisotopic (exact) mass is 299 g/mol. The second kappa shape index (κ2) is 7.57. The first-order chi connectivity index (χ1) is 11.3. The van der Waals surface area contributed by atoms with Crippen LogP contribution in [0.5, 0.6) is 0 Å². The molecule has 0 aliphatic rings. The summed E-state index contributed by atoms with van der Waals surface area (Å²) in [6.45, 7) is 0. The number of benzene rings is 3. The summed E-state index contributed by atoms with van der Waals surface area (Å²) in [6, 6.07) is 31.0. The SMILES string of the molecule is NC(c1ccccc1)[C@@H](/C=C/c1ccccc1)c1ccccc1. The summed E-state index contributed by atoms with van der Waals surface area (Å²) in [5, 5.41) is 0. The van der Waals surface area contributed by atoms with E-state index in [4.69, 9.17) is 5.73 Å². The average Bonchev–Trinajstić information content (AvgIpc) is 2.64. The van der Waals surface area contributed by atoms with Gasteiger partial charge in [-0.1, -0.05) is 103 Å². The fourth-order valence-corrected chi connectivity index (χ4v) is 2.77. The van der Waals surface area contributed by atoms with Crippen molar-refractivity contribution >= 4 is 6.08 Å². The van der Waals surface area contributed by atoms with Gasteiger partial charge in [0.2, 0.25) is 0 Å². The minimum atomic E-state index is -0.0708. The van der Waals surface area contributed by atoms with E-state index in [0.717, 1.165) is 5.56 Å². The van der Waals surface area contributed by atoms with Gasteiger partial charge in [-0.15, -0.1) is 0 Å². The number of nitrogens with two attached hydrogens (primary N) is 1. The maximum Gasteiger partial charge on any atom is 0.0399 e. The van der Waals surface area contributed by atoms with Crippen molar-refractivity contribution in [3.05, 3.63) is 114 Å². The quantitative estimate of drug-likeness (QED) is 0.690. The molecule has 0 heterocycles. The van der Waals surface area contributed by atoms with Crippen molar-refractivity contribution in [3.63, 3.8) is 0 Å². The van der Waals surface area contributed by atoms with Gasteiger partial charge in [-0.05, 0) is 16.7 Å². The molecule has 0 aromatic heterocycles. The predicted octanol–water partition coefficient (Wildman–Crippen LogP) is 5.18.